The van der Waals surface area contributed by atoms with Crippen molar-refractivity contribution >= 4 is 33.3 Å². The van der Waals surface area contributed by atoms with E-state index < -0.39 is 10.0 Å². The second-order valence-corrected chi connectivity index (χ2v) is 9.12. The Kier molecular flexibility index (Phi) is 4.88. The minimum Gasteiger partial charge on any atom is -0.309 e. The Hall–Kier alpha value is -1.87. The summed E-state index contributed by atoms with van der Waals surface area (Å²) >= 11 is 1.36. The van der Waals surface area contributed by atoms with Gasteiger partial charge in [0.15, 0.2) is 10.9 Å². The van der Waals surface area contributed by atoms with E-state index in [0.717, 1.165) is 30.1 Å². The molecule has 1 aromatic carbocycles. The van der Waals surface area contributed by atoms with Gasteiger partial charge in [-0.3, -0.25) is 9.10 Å². The Morgan fingerprint density at radius 1 is 1.28 bits per heavy atom. The first-order valence-electron chi connectivity index (χ1n) is 7.86. The van der Waals surface area contributed by atoms with E-state index in [2.05, 4.69) is 10.2 Å². The van der Waals surface area contributed by atoms with Crippen molar-refractivity contribution in [3.05, 3.63) is 35.7 Å². The number of ketones is 1. The van der Waals surface area contributed by atoms with Crippen LogP contribution in [0.1, 0.15) is 34.9 Å². The number of benzene rings is 1. The van der Waals surface area contributed by atoms with Gasteiger partial charge in [0.2, 0.25) is 10.0 Å². The van der Waals surface area contributed by atoms with Crippen LogP contribution in [-0.2, 0) is 17.1 Å². The number of nitrogens with zero attached hydrogens (tertiary/aromatic N) is 4. The smallest absolute Gasteiger partial charge is 0.231 e. The second-order valence-electron chi connectivity index (χ2n) is 6.16. The van der Waals surface area contributed by atoms with Gasteiger partial charge in [-0.25, -0.2) is 8.42 Å². The fourth-order valence-electron chi connectivity index (χ4n) is 2.41. The molecule has 0 atom stereocenters. The average molecular weight is 380 g/mol. The molecule has 1 heterocycles. The molecule has 9 heteroatoms. The highest BCUT2D eigenvalue weighted by Gasteiger charge is 2.29. The maximum absolute atomic E-state index is 12.4. The highest BCUT2D eigenvalue weighted by atomic mass is 32.2. The summed E-state index contributed by atoms with van der Waals surface area (Å²) in [6.45, 7) is 0. The molecular weight excluding hydrogens is 360 g/mol. The third-order valence-electron chi connectivity index (χ3n) is 4.19. The van der Waals surface area contributed by atoms with Gasteiger partial charge in [-0.2, -0.15) is 0 Å². The molecule has 0 N–H and O–H groups in total. The Labute approximate surface area is 151 Å². The number of hydrogen-bond acceptors (Lipinski definition) is 6. The average Bonchev–Trinajstić information content (AvgIpc) is 3.35. The van der Waals surface area contributed by atoms with E-state index in [1.54, 1.807) is 24.3 Å². The van der Waals surface area contributed by atoms with Crippen LogP contribution in [0.4, 0.5) is 5.69 Å². The molecule has 0 spiro atoms. The fraction of sp³-hybridized carbons (Fsp3) is 0.438. The summed E-state index contributed by atoms with van der Waals surface area (Å²) in [5.41, 5.74) is 1.07. The zero-order valence-corrected chi connectivity index (χ0v) is 16.0. The lowest BCUT2D eigenvalue weighted by atomic mass is 10.1. The van der Waals surface area contributed by atoms with Crippen LogP contribution in [0.25, 0.3) is 0 Å². The van der Waals surface area contributed by atoms with E-state index in [1.807, 2.05) is 11.6 Å². The number of sulfonamides is 1. The third-order valence-corrected chi connectivity index (χ3v) is 6.42. The van der Waals surface area contributed by atoms with Gasteiger partial charge in [-0.1, -0.05) is 11.8 Å². The van der Waals surface area contributed by atoms with Gasteiger partial charge in [0.25, 0.3) is 0 Å². The maximum Gasteiger partial charge on any atom is 0.231 e. The zero-order valence-electron chi connectivity index (χ0n) is 14.3. The molecule has 2 aromatic rings. The molecule has 0 saturated heterocycles. The normalized spacial score (nSPS) is 14.5. The van der Waals surface area contributed by atoms with Crippen LogP contribution in [-0.4, -0.2) is 48.0 Å². The number of anilines is 1. The van der Waals surface area contributed by atoms with Gasteiger partial charge >= 0.3 is 0 Å². The van der Waals surface area contributed by atoms with Gasteiger partial charge in [0.05, 0.1) is 17.7 Å². The van der Waals surface area contributed by atoms with Crippen molar-refractivity contribution in [3.8, 4) is 0 Å². The molecule has 0 aliphatic heterocycles. The van der Waals surface area contributed by atoms with Crippen molar-refractivity contribution in [3.63, 3.8) is 0 Å². The molecule has 1 aromatic heterocycles. The number of carbonyl (C=O) groups is 1. The minimum absolute atomic E-state index is 0.0328. The summed E-state index contributed by atoms with van der Waals surface area (Å²) in [5, 5.41) is 9.10. The standard InChI is InChI=1S/C16H20N4O3S2/c1-19-15(12-4-5-12)17-18-16(19)24-10-14(21)11-6-8-13(9-7-11)20(2)25(3,22)23/h6-9,12H,4-5,10H2,1-3H3. The van der Waals surface area contributed by atoms with Gasteiger partial charge < -0.3 is 4.57 Å². The molecule has 25 heavy (non-hydrogen) atoms. The van der Waals surface area contributed by atoms with E-state index in [-0.39, 0.29) is 11.5 Å². The molecule has 134 valence electrons. The summed E-state index contributed by atoms with van der Waals surface area (Å²) < 4.78 is 26.2. The number of rotatable bonds is 7. The van der Waals surface area contributed by atoms with Crippen LogP contribution in [0.5, 0.6) is 0 Å². The molecule has 0 bridgehead atoms. The van der Waals surface area contributed by atoms with Gasteiger partial charge in [0, 0.05) is 25.6 Å². The van der Waals surface area contributed by atoms with E-state index in [1.165, 1.54) is 23.1 Å². The first-order chi connectivity index (χ1) is 11.8. The van der Waals surface area contributed by atoms with Crippen molar-refractivity contribution in [2.75, 3.05) is 23.4 Å². The number of Topliss-reactive ketones (excluding diaryl/α,β-unsaturated/α-hetero) is 1. The number of thioether (sulfide) groups is 1. The highest BCUT2D eigenvalue weighted by Crippen LogP contribution is 2.39. The molecule has 1 fully saturated rings. The highest BCUT2D eigenvalue weighted by molar-refractivity contribution is 7.99. The van der Waals surface area contributed by atoms with Gasteiger partial charge in [-0.05, 0) is 37.1 Å². The lowest BCUT2D eigenvalue weighted by Gasteiger charge is -2.16. The van der Waals surface area contributed by atoms with Crippen molar-refractivity contribution in [1.29, 1.82) is 0 Å². The van der Waals surface area contributed by atoms with E-state index in [0.29, 0.717) is 17.2 Å². The van der Waals surface area contributed by atoms with Gasteiger partial charge in [0.1, 0.15) is 5.82 Å². The molecule has 7 nitrogen and oxygen atoms in total. The molecular formula is C16H20N4O3S2. The largest absolute Gasteiger partial charge is 0.309 e. The molecule has 3 rings (SSSR count). The molecule has 0 radical (unpaired) electrons. The molecule has 1 saturated carbocycles. The van der Waals surface area contributed by atoms with Crippen molar-refractivity contribution in [2.45, 2.75) is 23.9 Å². The van der Waals surface area contributed by atoms with Crippen LogP contribution in [0, 0.1) is 0 Å². The summed E-state index contributed by atoms with van der Waals surface area (Å²) in [6, 6.07) is 6.55. The third kappa shape index (κ3) is 4.04. The van der Waals surface area contributed by atoms with Crippen LogP contribution >= 0.6 is 11.8 Å². The first-order valence-corrected chi connectivity index (χ1v) is 10.7. The Balaban J connectivity index is 1.63. The summed E-state index contributed by atoms with van der Waals surface area (Å²) in [6.07, 6.45) is 3.45. The van der Waals surface area contributed by atoms with E-state index in [9.17, 15) is 13.2 Å². The maximum atomic E-state index is 12.4. The lowest BCUT2D eigenvalue weighted by Crippen LogP contribution is -2.24. The summed E-state index contributed by atoms with van der Waals surface area (Å²) in [7, 11) is 0.0932. The van der Waals surface area contributed by atoms with E-state index in [4.69, 9.17) is 0 Å². The monoisotopic (exact) mass is 380 g/mol. The van der Waals surface area contributed by atoms with Crippen molar-refractivity contribution < 1.29 is 13.2 Å². The van der Waals surface area contributed by atoms with Crippen LogP contribution in [0.2, 0.25) is 0 Å². The lowest BCUT2D eigenvalue weighted by molar-refractivity contribution is 0.102. The predicted octanol–water partition coefficient (Wildman–Crippen LogP) is 2.06. The SMILES string of the molecule is CN(c1ccc(C(=O)CSc2nnc(C3CC3)n2C)cc1)S(C)(=O)=O. The van der Waals surface area contributed by atoms with Crippen molar-refractivity contribution in [2.24, 2.45) is 7.05 Å². The zero-order chi connectivity index (χ0) is 18.2. The first kappa shape index (κ1) is 17.9. The number of carbonyl (C=O) groups excluding carboxylic acids is 1. The summed E-state index contributed by atoms with van der Waals surface area (Å²) in [5.74, 6) is 1.73. The molecule has 0 amide bonds. The fourth-order valence-corrected chi connectivity index (χ4v) is 3.73. The number of hydrogen-bond donors (Lipinski definition) is 0. The minimum atomic E-state index is -3.31. The second kappa shape index (κ2) is 6.80. The predicted molar refractivity (Wildman–Crippen MR) is 97.7 cm³/mol. The van der Waals surface area contributed by atoms with Crippen LogP contribution in [0.15, 0.2) is 29.4 Å². The summed E-state index contributed by atoms with van der Waals surface area (Å²) in [4.78, 5) is 12.4. The van der Waals surface area contributed by atoms with E-state index >= 15 is 0 Å². The number of aromatic nitrogens is 3. The quantitative estimate of drug-likeness (QED) is 0.540. The van der Waals surface area contributed by atoms with Crippen LogP contribution < -0.4 is 4.31 Å². The molecule has 1 aliphatic rings. The Bertz CT molecular complexity index is 887. The molecule has 0 unspecified atom stereocenters. The van der Waals surface area contributed by atoms with Crippen LogP contribution in [0.3, 0.4) is 0 Å². The Morgan fingerprint density at radius 2 is 1.92 bits per heavy atom. The topological polar surface area (TPSA) is 85.2 Å². The Morgan fingerprint density at radius 3 is 2.48 bits per heavy atom. The van der Waals surface area contributed by atoms with Gasteiger partial charge in [-0.15, -0.1) is 10.2 Å². The van der Waals surface area contributed by atoms with Crippen molar-refractivity contribution in [1.82, 2.24) is 14.8 Å². The molecule has 1 aliphatic carbocycles.